The molecular weight excluding hydrogens is 398 g/mol. The Bertz CT molecular complexity index is 928. The minimum atomic E-state index is -0.0363. The van der Waals surface area contributed by atoms with Crippen LogP contribution in [0.2, 0.25) is 0 Å². The summed E-state index contributed by atoms with van der Waals surface area (Å²) in [5.74, 6) is 1.42. The highest BCUT2D eigenvalue weighted by Gasteiger charge is 2.23. The first-order chi connectivity index (χ1) is 14.5. The van der Waals surface area contributed by atoms with Crippen molar-refractivity contribution in [2.45, 2.75) is 45.7 Å². The van der Waals surface area contributed by atoms with Crippen LogP contribution in [0.4, 0.5) is 11.6 Å². The lowest BCUT2D eigenvalue weighted by atomic mass is 10.1. The lowest BCUT2D eigenvalue weighted by Crippen LogP contribution is -2.47. The van der Waals surface area contributed by atoms with Gasteiger partial charge in [0.15, 0.2) is 0 Å². The molecule has 1 fully saturated rings. The Morgan fingerprint density at radius 1 is 1.27 bits per heavy atom. The third-order valence-corrected chi connectivity index (χ3v) is 6.74. The second kappa shape index (κ2) is 9.14. The molecule has 2 N–H and O–H groups in total. The Balaban J connectivity index is 1.38. The fourth-order valence-electron chi connectivity index (χ4n) is 4.31. The van der Waals surface area contributed by atoms with Crippen LogP contribution in [-0.4, -0.2) is 53.9 Å². The van der Waals surface area contributed by atoms with Gasteiger partial charge in [0.25, 0.3) is 0 Å². The molecule has 0 spiro atoms. The maximum atomic E-state index is 12.6. The van der Waals surface area contributed by atoms with E-state index in [2.05, 4.69) is 31.9 Å². The molecule has 1 unspecified atom stereocenters. The average Bonchev–Trinajstić information content (AvgIpc) is 3.17. The number of piperidine rings is 1. The minimum Gasteiger partial charge on any atom is -0.354 e. The van der Waals surface area contributed by atoms with Crippen molar-refractivity contribution in [1.82, 2.24) is 15.2 Å². The average molecular weight is 428 g/mol. The van der Waals surface area contributed by atoms with E-state index in [4.69, 9.17) is 4.98 Å². The van der Waals surface area contributed by atoms with Gasteiger partial charge in [-0.15, -0.1) is 11.3 Å². The van der Waals surface area contributed by atoms with Gasteiger partial charge < -0.3 is 15.5 Å². The van der Waals surface area contributed by atoms with Crippen molar-refractivity contribution < 1.29 is 9.59 Å². The number of thiophene rings is 1. The summed E-state index contributed by atoms with van der Waals surface area (Å²) in [6.45, 7) is 7.33. The third kappa shape index (κ3) is 4.99. The van der Waals surface area contributed by atoms with E-state index >= 15 is 0 Å². The number of nitrogens with zero attached hydrogens (tertiary/aromatic N) is 3. The summed E-state index contributed by atoms with van der Waals surface area (Å²) in [5, 5.41) is 8.12. The summed E-state index contributed by atoms with van der Waals surface area (Å²) in [5.41, 5.74) is 2.41. The first-order valence-corrected chi connectivity index (χ1v) is 11.4. The van der Waals surface area contributed by atoms with Crippen LogP contribution in [0.25, 0.3) is 0 Å². The molecule has 7 nitrogen and oxygen atoms in total. The number of carbonyl (C=O) groups excluding carboxylic acids is 2. The number of nitrogens with one attached hydrogen (secondary N) is 2. The van der Waals surface area contributed by atoms with E-state index in [-0.39, 0.29) is 17.9 Å². The lowest BCUT2D eigenvalue weighted by Gasteiger charge is -2.34. The fourth-order valence-corrected chi connectivity index (χ4v) is 5.20. The van der Waals surface area contributed by atoms with Gasteiger partial charge in [-0.1, -0.05) is 6.07 Å². The molecule has 2 aromatic rings. The van der Waals surface area contributed by atoms with E-state index in [1.165, 1.54) is 10.4 Å². The maximum absolute atomic E-state index is 12.6. The van der Waals surface area contributed by atoms with Crippen LogP contribution in [0.1, 0.15) is 35.8 Å². The molecule has 4 heterocycles. The Morgan fingerprint density at radius 2 is 2.13 bits per heavy atom. The quantitative estimate of drug-likeness (QED) is 0.767. The molecule has 1 saturated heterocycles. The topological polar surface area (TPSA) is 77.6 Å². The Labute approximate surface area is 181 Å². The molecule has 2 aliphatic heterocycles. The van der Waals surface area contributed by atoms with Crippen molar-refractivity contribution in [2.75, 3.05) is 36.4 Å². The van der Waals surface area contributed by atoms with E-state index in [9.17, 15) is 9.59 Å². The summed E-state index contributed by atoms with van der Waals surface area (Å²) >= 11 is 1.80. The van der Waals surface area contributed by atoms with Gasteiger partial charge in [0.2, 0.25) is 11.8 Å². The zero-order valence-corrected chi connectivity index (χ0v) is 18.4. The molecule has 2 amide bonds. The number of anilines is 2. The van der Waals surface area contributed by atoms with Crippen LogP contribution in [0.3, 0.4) is 0 Å². The Hall–Kier alpha value is -2.45. The van der Waals surface area contributed by atoms with Crippen LogP contribution < -0.4 is 15.5 Å². The van der Waals surface area contributed by atoms with Gasteiger partial charge in [-0.05, 0) is 54.8 Å². The molecule has 0 aliphatic carbocycles. The predicted molar refractivity (Wildman–Crippen MR) is 120 cm³/mol. The molecule has 0 saturated carbocycles. The predicted octanol–water partition coefficient (Wildman–Crippen LogP) is 2.55. The highest BCUT2D eigenvalue weighted by atomic mass is 32.1. The van der Waals surface area contributed by atoms with Crippen molar-refractivity contribution in [2.24, 2.45) is 0 Å². The number of aromatic nitrogens is 1. The smallest absolute Gasteiger partial charge is 0.239 e. The summed E-state index contributed by atoms with van der Waals surface area (Å²) in [6.07, 6.45) is 2.99. The van der Waals surface area contributed by atoms with Crippen LogP contribution >= 0.6 is 11.3 Å². The van der Waals surface area contributed by atoms with Gasteiger partial charge in [-0.25, -0.2) is 4.98 Å². The van der Waals surface area contributed by atoms with Gasteiger partial charge in [0.05, 0.1) is 6.54 Å². The summed E-state index contributed by atoms with van der Waals surface area (Å²) in [4.78, 5) is 34.6. The Morgan fingerprint density at radius 3 is 2.97 bits per heavy atom. The van der Waals surface area contributed by atoms with Crippen molar-refractivity contribution in [1.29, 1.82) is 0 Å². The van der Waals surface area contributed by atoms with Crippen LogP contribution in [0.5, 0.6) is 0 Å². The molecule has 30 heavy (non-hydrogen) atoms. The Kier molecular flexibility index (Phi) is 6.34. The molecule has 0 aromatic carbocycles. The number of aryl methyl sites for hydroxylation is 1. The van der Waals surface area contributed by atoms with E-state index in [0.717, 1.165) is 56.8 Å². The number of rotatable bonds is 5. The minimum absolute atomic E-state index is 0.000157. The summed E-state index contributed by atoms with van der Waals surface area (Å²) in [7, 11) is 0. The van der Waals surface area contributed by atoms with Crippen molar-refractivity contribution >= 4 is 34.8 Å². The monoisotopic (exact) mass is 427 g/mol. The van der Waals surface area contributed by atoms with E-state index in [1.54, 1.807) is 18.3 Å². The van der Waals surface area contributed by atoms with Crippen molar-refractivity contribution in [3.05, 3.63) is 39.6 Å². The van der Waals surface area contributed by atoms with E-state index in [1.807, 2.05) is 19.1 Å². The first-order valence-electron chi connectivity index (χ1n) is 10.5. The molecule has 4 rings (SSSR count). The number of fused-ring (bicyclic) bond motifs is 1. The molecule has 8 heteroatoms. The molecule has 0 bridgehead atoms. The van der Waals surface area contributed by atoms with Gasteiger partial charge in [-0.2, -0.15) is 0 Å². The van der Waals surface area contributed by atoms with E-state index < -0.39 is 0 Å². The number of carbonyl (C=O) groups is 2. The largest absolute Gasteiger partial charge is 0.354 e. The molecule has 1 atom stereocenters. The first kappa shape index (κ1) is 20.8. The zero-order valence-electron chi connectivity index (χ0n) is 17.6. The van der Waals surface area contributed by atoms with Crippen molar-refractivity contribution in [3.8, 4) is 0 Å². The van der Waals surface area contributed by atoms with Gasteiger partial charge in [-0.3, -0.25) is 14.5 Å². The van der Waals surface area contributed by atoms with Crippen LogP contribution in [0, 0.1) is 6.92 Å². The van der Waals surface area contributed by atoms with Gasteiger partial charge in [0.1, 0.15) is 11.6 Å². The maximum Gasteiger partial charge on any atom is 0.239 e. The second-order valence-electron chi connectivity index (χ2n) is 8.20. The number of hydrogen-bond donors (Lipinski definition) is 2. The molecule has 0 radical (unpaired) electrons. The third-order valence-electron chi connectivity index (χ3n) is 5.72. The summed E-state index contributed by atoms with van der Waals surface area (Å²) < 4.78 is 0. The lowest BCUT2D eigenvalue weighted by molar-refractivity contribution is -0.120. The van der Waals surface area contributed by atoms with Crippen LogP contribution in [-0.2, 0) is 22.6 Å². The highest BCUT2D eigenvalue weighted by molar-refractivity contribution is 7.10. The molecule has 160 valence electrons. The fraction of sp³-hybridized carbons (Fsp3) is 0.500. The number of hydrogen-bond acceptors (Lipinski definition) is 6. The standard InChI is InChI=1S/C22H29N5O2S/c1-15-5-6-20(25-22(15)27-9-3-4-18(13-27)23-16(2)28)24-21(29)14-26-10-7-19-17(12-26)8-11-30-19/h5-6,8,11,18H,3-4,7,9-10,12-14H2,1-2H3,(H,23,28)(H,24,25,29). The van der Waals surface area contributed by atoms with Crippen molar-refractivity contribution in [3.63, 3.8) is 0 Å². The molecule has 2 aromatic heterocycles. The second-order valence-corrected chi connectivity index (χ2v) is 9.20. The highest BCUT2D eigenvalue weighted by Crippen LogP contribution is 2.25. The van der Waals surface area contributed by atoms with Gasteiger partial charge >= 0.3 is 0 Å². The molecular formula is C22H29N5O2S. The zero-order chi connectivity index (χ0) is 21.1. The molecule has 2 aliphatic rings. The summed E-state index contributed by atoms with van der Waals surface area (Å²) in [6, 6.07) is 6.15. The van der Waals surface area contributed by atoms with E-state index in [0.29, 0.717) is 12.4 Å². The number of amides is 2. The SMILES string of the molecule is CC(=O)NC1CCCN(c2nc(NC(=O)CN3CCc4sccc4C3)ccc2C)C1. The van der Waals surface area contributed by atoms with Gasteiger partial charge in [0, 0.05) is 44.0 Å². The number of pyridine rings is 1. The van der Waals surface area contributed by atoms with Crippen LogP contribution in [0.15, 0.2) is 23.6 Å². The normalized spacial score (nSPS) is 19.3.